The average molecular weight is 384 g/mol. The Balaban J connectivity index is 1.90. The summed E-state index contributed by atoms with van der Waals surface area (Å²) in [7, 11) is 2.76. The summed E-state index contributed by atoms with van der Waals surface area (Å²) in [6.45, 7) is 3.96. The number of aromatic nitrogens is 2. The fourth-order valence-corrected chi connectivity index (χ4v) is 3.58. The van der Waals surface area contributed by atoms with Gasteiger partial charge in [0.2, 0.25) is 5.76 Å². The summed E-state index contributed by atoms with van der Waals surface area (Å²) < 4.78 is 17.4. The van der Waals surface area contributed by atoms with Crippen LogP contribution in [0.25, 0.3) is 5.69 Å². The SMILES string of the molecule is CO/C=C(\Oc1cc(-n2ccc(C3CCCCC3)n2)cc(C)c1C)C(=O)OC. The van der Waals surface area contributed by atoms with Crippen molar-refractivity contribution in [3.05, 3.63) is 53.2 Å². The van der Waals surface area contributed by atoms with Crippen LogP contribution in [0.5, 0.6) is 5.75 Å². The number of rotatable bonds is 6. The van der Waals surface area contributed by atoms with Gasteiger partial charge in [-0.05, 0) is 49.9 Å². The quantitative estimate of drug-likeness (QED) is 0.414. The molecular weight excluding hydrogens is 356 g/mol. The Morgan fingerprint density at radius 3 is 2.61 bits per heavy atom. The third-order valence-electron chi connectivity index (χ3n) is 5.33. The van der Waals surface area contributed by atoms with Crippen LogP contribution >= 0.6 is 0 Å². The molecule has 0 bridgehead atoms. The van der Waals surface area contributed by atoms with Crippen molar-refractivity contribution in [2.75, 3.05) is 14.2 Å². The van der Waals surface area contributed by atoms with E-state index in [4.69, 9.17) is 19.3 Å². The summed E-state index contributed by atoms with van der Waals surface area (Å²) in [6.07, 6.45) is 9.53. The molecule has 0 saturated heterocycles. The van der Waals surface area contributed by atoms with Crippen molar-refractivity contribution in [1.82, 2.24) is 9.78 Å². The van der Waals surface area contributed by atoms with Gasteiger partial charge in [-0.3, -0.25) is 0 Å². The van der Waals surface area contributed by atoms with Crippen LogP contribution < -0.4 is 4.74 Å². The first-order valence-corrected chi connectivity index (χ1v) is 9.69. The van der Waals surface area contributed by atoms with Crippen LogP contribution in [0.15, 0.2) is 36.4 Å². The predicted molar refractivity (Wildman–Crippen MR) is 107 cm³/mol. The lowest BCUT2D eigenvalue weighted by Crippen LogP contribution is -2.12. The van der Waals surface area contributed by atoms with Crippen molar-refractivity contribution in [2.45, 2.75) is 51.9 Å². The van der Waals surface area contributed by atoms with Gasteiger partial charge in [-0.2, -0.15) is 5.10 Å². The zero-order valence-electron chi connectivity index (χ0n) is 17.0. The molecule has 6 nitrogen and oxygen atoms in total. The number of ether oxygens (including phenoxy) is 3. The molecule has 150 valence electrons. The van der Waals surface area contributed by atoms with E-state index in [1.54, 1.807) is 0 Å². The molecule has 2 aromatic rings. The van der Waals surface area contributed by atoms with E-state index in [1.165, 1.54) is 52.6 Å². The third-order valence-corrected chi connectivity index (χ3v) is 5.33. The molecule has 3 rings (SSSR count). The fourth-order valence-electron chi connectivity index (χ4n) is 3.58. The molecule has 6 heteroatoms. The van der Waals surface area contributed by atoms with Gasteiger partial charge in [0, 0.05) is 18.2 Å². The maximum absolute atomic E-state index is 11.9. The predicted octanol–water partition coefficient (Wildman–Crippen LogP) is 4.58. The van der Waals surface area contributed by atoms with Crippen LogP contribution in [0.1, 0.15) is 54.8 Å². The van der Waals surface area contributed by atoms with Crippen LogP contribution in [0, 0.1) is 13.8 Å². The molecular formula is C22H28N2O4. The fraction of sp³-hybridized carbons (Fsp3) is 0.455. The molecule has 0 radical (unpaired) electrons. The van der Waals surface area contributed by atoms with E-state index in [0.717, 1.165) is 22.5 Å². The standard InChI is InChI=1S/C22H28N2O4/c1-15-12-18(24-11-10-19(23-24)17-8-6-5-7-9-17)13-20(16(15)2)28-21(14-26-3)22(25)27-4/h10-14,17H,5-9H2,1-4H3/b21-14-. The first-order valence-electron chi connectivity index (χ1n) is 9.69. The zero-order valence-corrected chi connectivity index (χ0v) is 17.0. The largest absolute Gasteiger partial charge is 0.500 e. The summed E-state index contributed by atoms with van der Waals surface area (Å²) >= 11 is 0. The minimum atomic E-state index is -0.594. The molecule has 1 aliphatic carbocycles. The van der Waals surface area contributed by atoms with E-state index in [1.807, 2.05) is 30.8 Å². The lowest BCUT2D eigenvalue weighted by atomic mass is 9.87. The Labute approximate surface area is 166 Å². The molecule has 0 atom stereocenters. The highest BCUT2D eigenvalue weighted by atomic mass is 16.6. The summed E-state index contributed by atoms with van der Waals surface area (Å²) in [6, 6.07) is 6.06. The Kier molecular flexibility index (Phi) is 6.39. The van der Waals surface area contributed by atoms with Gasteiger partial charge in [0.25, 0.3) is 0 Å². The molecule has 1 aromatic carbocycles. The smallest absolute Gasteiger partial charge is 0.377 e. The molecule has 0 unspecified atom stereocenters. The second-order valence-corrected chi connectivity index (χ2v) is 7.22. The number of carbonyl (C=O) groups is 1. The van der Waals surface area contributed by atoms with Crippen molar-refractivity contribution in [1.29, 1.82) is 0 Å². The number of hydrogen-bond acceptors (Lipinski definition) is 5. The minimum absolute atomic E-state index is 0.00647. The van der Waals surface area contributed by atoms with E-state index < -0.39 is 5.97 Å². The maximum atomic E-state index is 11.9. The Morgan fingerprint density at radius 2 is 1.93 bits per heavy atom. The van der Waals surface area contributed by atoms with Gasteiger partial charge in [-0.15, -0.1) is 0 Å². The Hall–Kier alpha value is -2.76. The number of nitrogens with zero attached hydrogens (tertiary/aromatic N) is 2. The van der Waals surface area contributed by atoms with Crippen molar-refractivity contribution in [2.24, 2.45) is 0 Å². The third kappa shape index (κ3) is 4.38. The highest BCUT2D eigenvalue weighted by Gasteiger charge is 2.19. The van der Waals surface area contributed by atoms with Crippen molar-refractivity contribution in [3.8, 4) is 11.4 Å². The molecule has 0 spiro atoms. The van der Waals surface area contributed by atoms with Crippen LogP contribution in [0.3, 0.4) is 0 Å². The zero-order chi connectivity index (χ0) is 20.1. The molecule has 0 N–H and O–H groups in total. The highest BCUT2D eigenvalue weighted by Crippen LogP contribution is 2.32. The molecule has 1 fully saturated rings. The maximum Gasteiger partial charge on any atom is 0.377 e. The Bertz CT molecular complexity index is 863. The normalized spacial score (nSPS) is 15.4. The summed E-state index contributed by atoms with van der Waals surface area (Å²) in [5.74, 6) is 0.516. The van der Waals surface area contributed by atoms with Gasteiger partial charge in [0.15, 0.2) is 0 Å². The van der Waals surface area contributed by atoms with E-state index in [9.17, 15) is 4.79 Å². The number of carbonyl (C=O) groups excluding carboxylic acids is 1. The molecule has 1 saturated carbocycles. The Morgan fingerprint density at radius 1 is 1.18 bits per heavy atom. The number of methoxy groups -OCH3 is 2. The summed E-state index contributed by atoms with van der Waals surface area (Å²) in [5.41, 5.74) is 4.02. The second-order valence-electron chi connectivity index (χ2n) is 7.22. The monoisotopic (exact) mass is 384 g/mol. The van der Waals surface area contributed by atoms with Gasteiger partial charge >= 0.3 is 5.97 Å². The number of aryl methyl sites for hydroxylation is 1. The molecule has 1 heterocycles. The summed E-state index contributed by atoms with van der Waals surface area (Å²) in [5, 5.41) is 4.81. The number of esters is 1. The van der Waals surface area contributed by atoms with Crippen LogP contribution in [-0.2, 0) is 14.3 Å². The van der Waals surface area contributed by atoms with Crippen molar-refractivity contribution >= 4 is 5.97 Å². The lowest BCUT2D eigenvalue weighted by molar-refractivity contribution is -0.138. The van der Waals surface area contributed by atoms with Gasteiger partial charge in [0.1, 0.15) is 12.0 Å². The van der Waals surface area contributed by atoms with E-state index in [-0.39, 0.29) is 5.76 Å². The van der Waals surface area contributed by atoms with Crippen LogP contribution in [-0.4, -0.2) is 30.0 Å². The van der Waals surface area contributed by atoms with Crippen molar-refractivity contribution < 1.29 is 19.0 Å². The average Bonchev–Trinajstić information content (AvgIpc) is 3.21. The van der Waals surface area contributed by atoms with E-state index in [0.29, 0.717) is 11.7 Å². The number of benzene rings is 1. The molecule has 0 amide bonds. The first kappa shape index (κ1) is 20.0. The van der Waals surface area contributed by atoms with Crippen LogP contribution in [0.2, 0.25) is 0 Å². The summed E-state index contributed by atoms with van der Waals surface area (Å²) in [4.78, 5) is 11.9. The van der Waals surface area contributed by atoms with Gasteiger partial charge < -0.3 is 14.2 Å². The van der Waals surface area contributed by atoms with Gasteiger partial charge in [-0.25, -0.2) is 9.48 Å². The van der Waals surface area contributed by atoms with Gasteiger partial charge in [0.05, 0.1) is 25.6 Å². The minimum Gasteiger partial charge on any atom is -0.500 e. The van der Waals surface area contributed by atoms with Crippen molar-refractivity contribution in [3.63, 3.8) is 0 Å². The van der Waals surface area contributed by atoms with Crippen LogP contribution in [0.4, 0.5) is 0 Å². The molecule has 28 heavy (non-hydrogen) atoms. The second kappa shape index (κ2) is 8.95. The van der Waals surface area contributed by atoms with Gasteiger partial charge in [-0.1, -0.05) is 19.3 Å². The molecule has 0 aliphatic heterocycles. The number of hydrogen-bond donors (Lipinski definition) is 0. The molecule has 1 aromatic heterocycles. The first-order chi connectivity index (χ1) is 13.5. The topological polar surface area (TPSA) is 62.6 Å². The lowest BCUT2D eigenvalue weighted by Gasteiger charge is -2.19. The van der Waals surface area contributed by atoms with E-state index in [2.05, 4.69) is 12.1 Å². The molecule has 1 aliphatic rings. The van der Waals surface area contributed by atoms with E-state index >= 15 is 0 Å². The highest BCUT2D eigenvalue weighted by molar-refractivity contribution is 5.86.